The Morgan fingerprint density at radius 1 is 1.44 bits per heavy atom. The molecule has 1 aromatic rings. The van der Waals surface area contributed by atoms with Crippen LogP contribution in [-0.2, 0) is 0 Å². The van der Waals surface area contributed by atoms with Crippen LogP contribution >= 0.6 is 23.2 Å². The SMILES string of the molecule is CCN(CCNc1nc(N)c(Cl)cc1Cl)C1CC1. The highest BCUT2D eigenvalue weighted by Crippen LogP contribution is 2.28. The van der Waals surface area contributed by atoms with Gasteiger partial charge in [0.2, 0.25) is 0 Å². The fourth-order valence-corrected chi connectivity index (χ4v) is 2.39. The zero-order chi connectivity index (χ0) is 13.1. The molecule has 100 valence electrons. The molecule has 0 aliphatic heterocycles. The van der Waals surface area contributed by atoms with Crippen molar-refractivity contribution in [2.24, 2.45) is 0 Å². The van der Waals surface area contributed by atoms with E-state index in [1.54, 1.807) is 6.07 Å². The first-order valence-electron chi connectivity index (χ1n) is 6.21. The molecule has 1 saturated carbocycles. The van der Waals surface area contributed by atoms with Crippen molar-refractivity contribution in [3.63, 3.8) is 0 Å². The van der Waals surface area contributed by atoms with Gasteiger partial charge in [-0.2, -0.15) is 0 Å². The molecular weight excluding hydrogens is 271 g/mol. The van der Waals surface area contributed by atoms with E-state index in [9.17, 15) is 0 Å². The van der Waals surface area contributed by atoms with Crippen molar-refractivity contribution in [3.05, 3.63) is 16.1 Å². The van der Waals surface area contributed by atoms with Crippen LogP contribution in [0.1, 0.15) is 19.8 Å². The third kappa shape index (κ3) is 3.40. The Labute approximate surface area is 117 Å². The summed E-state index contributed by atoms with van der Waals surface area (Å²) in [6.07, 6.45) is 2.64. The summed E-state index contributed by atoms with van der Waals surface area (Å²) in [5, 5.41) is 4.10. The highest BCUT2D eigenvalue weighted by Gasteiger charge is 2.27. The zero-order valence-corrected chi connectivity index (χ0v) is 11.9. The van der Waals surface area contributed by atoms with E-state index in [4.69, 9.17) is 28.9 Å². The number of nitrogens with two attached hydrogens (primary N) is 1. The number of halogens is 2. The Kier molecular flexibility index (Phi) is 4.54. The van der Waals surface area contributed by atoms with Gasteiger partial charge in [-0.3, -0.25) is 4.90 Å². The summed E-state index contributed by atoms with van der Waals surface area (Å²) < 4.78 is 0. The molecule has 0 spiro atoms. The molecule has 0 bridgehead atoms. The van der Waals surface area contributed by atoms with Gasteiger partial charge in [-0.1, -0.05) is 30.1 Å². The molecule has 4 nitrogen and oxygen atoms in total. The van der Waals surface area contributed by atoms with Gasteiger partial charge < -0.3 is 11.1 Å². The Morgan fingerprint density at radius 2 is 2.17 bits per heavy atom. The van der Waals surface area contributed by atoms with Crippen LogP contribution in [0.2, 0.25) is 10.0 Å². The maximum absolute atomic E-state index is 6.05. The zero-order valence-electron chi connectivity index (χ0n) is 10.4. The molecule has 0 atom stereocenters. The van der Waals surface area contributed by atoms with Crippen LogP contribution in [0.3, 0.4) is 0 Å². The number of anilines is 2. The number of aromatic nitrogens is 1. The fraction of sp³-hybridized carbons (Fsp3) is 0.583. The summed E-state index contributed by atoms with van der Waals surface area (Å²) in [7, 11) is 0. The minimum atomic E-state index is 0.304. The van der Waals surface area contributed by atoms with Gasteiger partial charge in [-0.05, 0) is 25.5 Å². The van der Waals surface area contributed by atoms with Crippen LogP contribution in [-0.4, -0.2) is 35.6 Å². The Bertz CT molecular complexity index is 421. The molecule has 1 aromatic heterocycles. The summed E-state index contributed by atoms with van der Waals surface area (Å²) in [6.45, 7) is 5.06. The topological polar surface area (TPSA) is 54.2 Å². The third-order valence-corrected chi connectivity index (χ3v) is 3.71. The lowest BCUT2D eigenvalue weighted by Crippen LogP contribution is -2.31. The van der Waals surface area contributed by atoms with Crippen molar-refractivity contribution < 1.29 is 0 Å². The van der Waals surface area contributed by atoms with Gasteiger partial charge in [0.1, 0.15) is 11.6 Å². The number of hydrogen-bond donors (Lipinski definition) is 2. The van der Waals surface area contributed by atoms with Crippen molar-refractivity contribution in [2.75, 3.05) is 30.7 Å². The molecule has 1 aliphatic carbocycles. The molecule has 1 fully saturated rings. The van der Waals surface area contributed by atoms with Crippen molar-refractivity contribution in [2.45, 2.75) is 25.8 Å². The molecule has 3 N–H and O–H groups in total. The molecule has 1 aliphatic rings. The number of rotatable bonds is 6. The molecule has 18 heavy (non-hydrogen) atoms. The molecule has 0 saturated heterocycles. The summed E-state index contributed by atoms with van der Waals surface area (Å²) in [5.74, 6) is 0.906. The largest absolute Gasteiger partial charge is 0.382 e. The first-order chi connectivity index (χ1) is 8.61. The lowest BCUT2D eigenvalue weighted by Gasteiger charge is -2.20. The van der Waals surface area contributed by atoms with Crippen molar-refractivity contribution in [1.82, 2.24) is 9.88 Å². The summed E-state index contributed by atoms with van der Waals surface area (Å²) in [6, 6.07) is 2.39. The number of nitrogens with zero attached hydrogens (tertiary/aromatic N) is 2. The van der Waals surface area contributed by atoms with E-state index >= 15 is 0 Å². The first-order valence-corrected chi connectivity index (χ1v) is 6.96. The quantitative estimate of drug-likeness (QED) is 0.845. The second-order valence-electron chi connectivity index (χ2n) is 4.47. The van der Waals surface area contributed by atoms with Gasteiger partial charge in [0.25, 0.3) is 0 Å². The van der Waals surface area contributed by atoms with Crippen molar-refractivity contribution >= 4 is 34.8 Å². The number of nitrogen functional groups attached to an aromatic ring is 1. The minimum absolute atomic E-state index is 0.304. The lowest BCUT2D eigenvalue weighted by molar-refractivity contribution is 0.289. The number of pyridine rings is 1. The molecular formula is C12H18Cl2N4. The predicted molar refractivity (Wildman–Crippen MR) is 77.4 cm³/mol. The summed E-state index contributed by atoms with van der Waals surface area (Å²) in [4.78, 5) is 6.60. The van der Waals surface area contributed by atoms with Crippen LogP contribution in [0, 0.1) is 0 Å². The fourth-order valence-electron chi connectivity index (χ4n) is 1.96. The lowest BCUT2D eigenvalue weighted by atomic mass is 10.4. The van der Waals surface area contributed by atoms with Crippen LogP contribution in [0.4, 0.5) is 11.6 Å². The Morgan fingerprint density at radius 3 is 2.78 bits per heavy atom. The number of likely N-dealkylation sites (N-methyl/N-ethyl adjacent to an activating group) is 1. The Hall–Kier alpha value is -0.710. The second kappa shape index (κ2) is 5.95. The van der Waals surface area contributed by atoms with E-state index in [-0.39, 0.29) is 0 Å². The predicted octanol–water partition coefficient (Wildman–Crippen LogP) is 2.87. The smallest absolute Gasteiger partial charge is 0.147 e. The van der Waals surface area contributed by atoms with Gasteiger partial charge in [0, 0.05) is 19.1 Å². The monoisotopic (exact) mass is 288 g/mol. The van der Waals surface area contributed by atoms with E-state index in [1.165, 1.54) is 12.8 Å². The van der Waals surface area contributed by atoms with Gasteiger partial charge in [-0.15, -0.1) is 0 Å². The van der Waals surface area contributed by atoms with Gasteiger partial charge in [0.15, 0.2) is 0 Å². The second-order valence-corrected chi connectivity index (χ2v) is 5.29. The van der Waals surface area contributed by atoms with E-state index in [1.807, 2.05) is 0 Å². The van der Waals surface area contributed by atoms with E-state index in [0.717, 1.165) is 25.7 Å². The van der Waals surface area contributed by atoms with Crippen molar-refractivity contribution in [3.8, 4) is 0 Å². The first kappa shape index (κ1) is 13.7. The molecule has 1 heterocycles. The average Bonchev–Trinajstić information content (AvgIpc) is 3.15. The standard InChI is InChI=1S/C12H18Cl2N4/c1-2-18(8-3-4-8)6-5-16-12-10(14)7-9(13)11(15)17-12/h7-8H,2-6H2,1H3,(H3,15,16,17). The molecule has 0 aromatic carbocycles. The molecule has 0 amide bonds. The highest BCUT2D eigenvalue weighted by molar-refractivity contribution is 6.37. The van der Waals surface area contributed by atoms with Crippen LogP contribution in [0.5, 0.6) is 0 Å². The molecule has 0 unspecified atom stereocenters. The summed E-state index contributed by atoms with van der Waals surface area (Å²) in [5.41, 5.74) is 5.65. The maximum Gasteiger partial charge on any atom is 0.147 e. The van der Waals surface area contributed by atoms with Crippen LogP contribution in [0.15, 0.2) is 6.07 Å². The molecule has 2 rings (SSSR count). The normalized spacial score (nSPS) is 15.1. The van der Waals surface area contributed by atoms with E-state index < -0.39 is 0 Å². The number of hydrogen-bond acceptors (Lipinski definition) is 4. The van der Waals surface area contributed by atoms with Crippen molar-refractivity contribution in [1.29, 1.82) is 0 Å². The maximum atomic E-state index is 6.05. The van der Waals surface area contributed by atoms with E-state index in [2.05, 4.69) is 22.1 Å². The molecule has 6 heteroatoms. The third-order valence-electron chi connectivity index (χ3n) is 3.12. The van der Waals surface area contributed by atoms with Gasteiger partial charge in [0.05, 0.1) is 10.0 Å². The Balaban J connectivity index is 1.87. The van der Waals surface area contributed by atoms with E-state index in [0.29, 0.717) is 21.7 Å². The highest BCUT2D eigenvalue weighted by atomic mass is 35.5. The van der Waals surface area contributed by atoms with Gasteiger partial charge >= 0.3 is 0 Å². The van der Waals surface area contributed by atoms with Gasteiger partial charge in [-0.25, -0.2) is 4.98 Å². The summed E-state index contributed by atoms with van der Waals surface area (Å²) >= 11 is 11.9. The number of nitrogens with one attached hydrogen (secondary N) is 1. The average molecular weight is 289 g/mol. The minimum Gasteiger partial charge on any atom is -0.382 e. The van der Waals surface area contributed by atoms with Crippen LogP contribution in [0.25, 0.3) is 0 Å². The van der Waals surface area contributed by atoms with Crippen LogP contribution < -0.4 is 11.1 Å². The molecule has 0 radical (unpaired) electrons.